The second kappa shape index (κ2) is 6.00. The van der Waals surface area contributed by atoms with E-state index in [0.29, 0.717) is 5.56 Å². The summed E-state index contributed by atoms with van der Waals surface area (Å²) in [6.45, 7) is 3.45. The normalized spacial score (nSPS) is 13.6. The zero-order chi connectivity index (χ0) is 12.8. The van der Waals surface area contributed by atoms with Gasteiger partial charge in [-0.1, -0.05) is 18.7 Å². The van der Waals surface area contributed by atoms with Crippen molar-refractivity contribution in [2.45, 2.75) is 12.2 Å². The SMILES string of the molecule is C=C[C@@H](OC(=O)OC)[C@H](O)c1ccc(F)cc1. The lowest BCUT2D eigenvalue weighted by Gasteiger charge is -2.19. The maximum atomic E-state index is 12.7. The molecule has 0 fully saturated rings. The number of aliphatic hydroxyl groups is 1. The summed E-state index contributed by atoms with van der Waals surface area (Å²) >= 11 is 0. The van der Waals surface area contributed by atoms with Gasteiger partial charge in [0.05, 0.1) is 7.11 Å². The van der Waals surface area contributed by atoms with Crippen LogP contribution in [0.5, 0.6) is 0 Å². The van der Waals surface area contributed by atoms with Crippen molar-refractivity contribution in [2.24, 2.45) is 0 Å². The third-order valence-corrected chi connectivity index (χ3v) is 2.15. The summed E-state index contributed by atoms with van der Waals surface area (Å²) in [6, 6.07) is 5.21. The first-order chi connectivity index (χ1) is 8.08. The van der Waals surface area contributed by atoms with E-state index in [1.165, 1.54) is 30.3 Å². The summed E-state index contributed by atoms with van der Waals surface area (Å²) < 4.78 is 21.8. The monoisotopic (exact) mass is 240 g/mol. The predicted octanol–water partition coefficient (Wildman–Crippen LogP) is 2.20. The third kappa shape index (κ3) is 3.57. The Kier molecular flexibility index (Phi) is 4.66. The first kappa shape index (κ1) is 13.2. The molecule has 1 rings (SSSR count). The zero-order valence-corrected chi connectivity index (χ0v) is 9.30. The first-order valence-corrected chi connectivity index (χ1v) is 4.89. The molecule has 17 heavy (non-hydrogen) atoms. The van der Waals surface area contributed by atoms with E-state index in [0.717, 1.165) is 7.11 Å². The van der Waals surface area contributed by atoms with E-state index in [9.17, 15) is 14.3 Å². The molecule has 0 aliphatic rings. The Morgan fingerprint density at radius 3 is 2.53 bits per heavy atom. The molecule has 0 unspecified atom stereocenters. The van der Waals surface area contributed by atoms with Gasteiger partial charge in [-0.2, -0.15) is 0 Å². The lowest BCUT2D eigenvalue weighted by molar-refractivity contribution is -0.00467. The number of ether oxygens (including phenoxy) is 2. The first-order valence-electron chi connectivity index (χ1n) is 4.89. The Morgan fingerprint density at radius 2 is 2.06 bits per heavy atom. The molecule has 0 aliphatic heterocycles. The Bertz CT molecular complexity index is 388. The van der Waals surface area contributed by atoms with Crippen LogP contribution in [0.1, 0.15) is 11.7 Å². The highest BCUT2D eigenvalue weighted by atomic mass is 19.1. The highest BCUT2D eigenvalue weighted by Crippen LogP contribution is 2.20. The Hall–Kier alpha value is -1.88. The number of rotatable bonds is 4. The number of carbonyl (C=O) groups excluding carboxylic acids is 1. The maximum Gasteiger partial charge on any atom is 0.508 e. The Labute approximate surface area is 98.3 Å². The fourth-order valence-corrected chi connectivity index (χ4v) is 1.25. The minimum absolute atomic E-state index is 0.412. The van der Waals surface area contributed by atoms with Crippen LogP contribution in [0.15, 0.2) is 36.9 Å². The van der Waals surface area contributed by atoms with Crippen molar-refractivity contribution in [3.8, 4) is 0 Å². The molecule has 1 N–H and O–H groups in total. The van der Waals surface area contributed by atoms with Crippen molar-refractivity contribution in [1.82, 2.24) is 0 Å². The van der Waals surface area contributed by atoms with E-state index < -0.39 is 24.2 Å². The molecule has 0 saturated carbocycles. The molecule has 0 heterocycles. The minimum atomic E-state index is -1.12. The average molecular weight is 240 g/mol. The van der Waals surface area contributed by atoms with E-state index in [1.807, 2.05) is 0 Å². The molecule has 1 aromatic rings. The predicted molar refractivity (Wildman–Crippen MR) is 58.8 cm³/mol. The van der Waals surface area contributed by atoms with Gasteiger partial charge in [0, 0.05) is 0 Å². The Balaban J connectivity index is 2.78. The third-order valence-electron chi connectivity index (χ3n) is 2.15. The van der Waals surface area contributed by atoms with Crippen LogP contribution in [0.3, 0.4) is 0 Å². The largest absolute Gasteiger partial charge is 0.508 e. The van der Waals surface area contributed by atoms with Crippen LogP contribution in [-0.4, -0.2) is 24.5 Å². The second-order valence-electron chi connectivity index (χ2n) is 3.27. The van der Waals surface area contributed by atoms with Gasteiger partial charge in [-0.15, -0.1) is 0 Å². The van der Waals surface area contributed by atoms with Crippen LogP contribution in [0.4, 0.5) is 9.18 Å². The van der Waals surface area contributed by atoms with Gasteiger partial charge in [0.2, 0.25) is 0 Å². The molecule has 92 valence electrons. The smallest absolute Gasteiger partial charge is 0.438 e. The van der Waals surface area contributed by atoms with Gasteiger partial charge in [0.1, 0.15) is 11.9 Å². The van der Waals surface area contributed by atoms with Gasteiger partial charge in [-0.05, 0) is 23.8 Å². The number of benzene rings is 1. The van der Waals surface area contributed by atoms with Crippen molar-refractivity contribution in [3.63, 3.8) is 0 Å². The average Bonchev–Trinajstić information content (AvgIpc) is 2.35. The van der Waals surface area contributed by atoms with Crippen LogP contribution in [0.2, 0.25) is 0 Å². The lowest BCUT2D eigenvalue weighted by atomic mass is 10.0. The van der Waals surface area contributed by atoms with Gasteiger partial charge >= 0.3 is 6.16 Å². The quantitative estimate of drug-likeness (QED) is 0.647. The molecule has 0 aromatic heterocycles. The van der Waals surface area contributed by atoms with E-state index in [2.05, 4.69) is 11.3 Å². The number of methoxy groups -OCH3 is 1. The topological polar surface area (TPSA) is 55.8 Å². The van der Waals surface area contributed by atoms with Gasteiger partial charge in [-0.25, -0.2) is 9.18 Å². The standard InChI is InChI=1S/C12H13FO4/c1-3-10(17-12(15)16-2)11(14)8-4-6-9(13)7-5-8/h3-7,10-11,14H,1H2,2H3/t10-,11-/m1/s1. The van der Waals surface area contributed by atoms with Crippen molar-refractivity contribution < 1.29 is 23.8 Å². The van der Waals surface area contributed by atoms with Crippen molar-refractivity contribution in [2.75, 3.05) is 7.11 Å². The number of halogens is 1. The van der Waals surface area contributed by atoms with Crippen molar-refractivity contribution in [1.29, 1.82) is 0 Å². The molecule has 0 spiro atoms. The summed E-state index contributed by atoms with van der Waals surface area (Å²) in [6.07, 6.45) is -1.72. The van der Waals surface area contributed by atoms with Crippen molar-refractivity contribution >= 4 is 6.16 Å². The maximum absolute atomic E-state index is 12.7. The number of carbonyl (C=O) groups is 1. The molecule has 4 nitrogen and oxygen atoms in total. The van der Waals surface area contributed by atoms with E-state index >= 15 is 0 Å². The minimum Gasteiger partial charge on any atom is -0.438 e. The van der Waals surface area contributed by atoms with E-state index in [4.69, 9.17) is 4.74 Å². The van der Waals surface area contributed by atoms with Crippen LogP contribution >= 0.6 is 0 Å². The highest BCUT2D eigenvalue weighted by molar-refractivity contribution is 5.60. The molecule has 5 heteroatoms. The van der Waals surface area contributed by atoms with Gasteiger partial charge in [0.15, 0.2) is 6.10 Å². The van der Waals surface area contributed by atoms with Gasteiger partial charge in [-0.3, -0.25) is 0 Å². The molecule has 0 radical (unpaired) electrons. The Morgan fingerprint density at radius 1 is 1.47 bits per heavy atom. The van der Waals surface area contributed by atoms with Crippen LogP contribution < -0.4 is 0 Å². The summed E-state index contributed by atoms with van der Waals surface area (Å²) in [5.41, 5.74) is 0.417. The summed E-state index contributed by atoms with van der Waals surface area (Å²) in [5.74, 6) is -0.412. The molecule has 1 aromatic carbocycles. The van der Waals surface area contributed by atoms with Gasteiger partial charge < -0.3 is 14.6 Å². The van der Waals surface area contributed by atoms with Crippen LogP contribution in [-0.2, 0) is 9.47 Å². The van der Waals surface area contributed by atoms with Gasteiger partial charge in [0.25, 0.3) is 0 Å². The summed E-state index contributed by atoms with van der Waals surface area (Å²) in [7, 11) is 1.16. The van der Waals surface area contributed by atoms with Crippen molar-refractivity contribution in [3.05, 3.63) is 48.3 Å². The molecular formula is C12H13FO4. The number of hydrogen-bond donors (Lipinski definition) is 1. The molecule has 0 saturated heterocycles. The fraction of sp³-hybridized carbons (Fsp3) is 0.250. The summed E-state index contributed by atoms with van der Waals surface area (Å²) in [4.78, 5) is 10.9. The summed E-state index contributed by atoms with van der Waals surface area (Å²) in [5, 5.41) is 9.89. The lowest BCUT2D eigenvalue weighted by Crippen LogP contribution is -2.23. The van der Waals surface area contributed by atoms with E-state index in [-0.39, 0.29) is 0 Å². The molecular weight excluding hydrogens is 227 g/mol. The number of hydrogen-bond acceptors (Lipinski definition) is 4. The van der Waals surface area contributed by atoms with Crippen LogP contribution in [0, 0.1) is 5.82 Å². The molecule has 0 amide bonds. The number of aliphatic hydroxyl groups excluding tert-OH is 1. The van der Waals surface area contributed by atoms with E-state index in [1.54, 1.807) is 0 Å². The highest BCUT2D eigenvalue weighted by Gasteiger charge is 2.22. The zero-order valence-electron chi connectivity index (χ0n) is 9.30. The molecule has 0 aliphatic carbocycles. The molecule has 2 atom stereocenters. The van der Waals surface area contributed by atoms with Crippen LogP contribution in [0.25, 0.3) is 0 Å². The fourth-order valence-electron chi connectivity index (χ4n) is 1.25. The molecule has 0 bridgehead atoms. The second-order valence-corrected chi connectivity index (χ2v) is 3.27.